The van der Waals surface area contributed by atoms with Crippen molar-refractivity contribution < 1.29 is 4.79 Å². The third-order valence-corrected chi connectivity index (χ3v) is 15.0. The second kappa shape index (κ2) is 35.5. The first kappa shape index (κ1) is 71.1. The average Bonchev–Trinajstić information content (AvgIpc) is 1.63. The number of imidazole rings is 2. The normalized spacial score (nSPS) is 10.2. The topological polar surface area (TPSA) is 316 Å². The number of carbonyl (C=O) groups excluding carboxylic acids is 1. The van der Waals surface area contributed by atoms with E-state index in [4.69, 9.17) is 75.2 Å². The van der Waals surface area contributed by atoms with Crippen LogP contribution in [0, 0.1) is 0 Å². The monoisotopic (exact) mass is 1410 g/mol. The Hall–Kier alpha value is -12.2. The maximum Gasteiger partial charge on any atom is 0.278 e. The van der Waals surface area contributed by atoms with Gasteiger partial charge in [0.15, 0.2) is 54.2 Å². The molecule has 7 aromatic heterocycles. The molecule has 22 nitrogen and oxygen atoms in total. The van der Waals surface area contributed by atoms with Crippen molar-refractivity contribution in [3.8, 4) is 34.2 Å². The Labute approximate surface area is 592 Å². The molecule has 494 valence electrons. The molecule has 0 bridgehead atoms. The van der Waals surface area contributed by atoms with E-state index >= 15 is 0 Å². The molecule has 27 heteroatoms. The van der Waals surface area contributed by atoms with Crippen LogP contribution in [-0.2, 0) is 0 Å². The molecule has 1 amide bonds. The van der Waals surface area contributed by atoms with Gasteiger partial charge in [-0.15, -0.1) is 0 Å². The SMILES string of the molecule is C.Clc1ncnc2c1nc(-c1ccccc1)n2-c1ccccc1.Nc1c(Cl)ncnc1Cl.Nc1c(Cl)ncnc1Nc1ccccc1.Nc1ccccc1.O=C(Nc1c(Cl)ncnc1Nc1ccccc1)c1ccccc1.O=c1[nH]cnc2c1nc(-c1ccccc1)n2-c1ccccc1. The Balaban J connectivity index is 0.000000144. The number of amides is 1. The molecular weight excluding hydrogens is 1350 g/mol. The molecule has 7 heterocycles. The van der Waals surface area contributed by atoms with Crippen molar-refractivity contribution in [3.63, 3.8) is 0 Å². The molecule has 0 saturated carbocycles. The van der Waals surface area contributed by atoms with Crippen LogP contribution < -0.4 is 38.7 Å². The minimum absolute atomic E-state index is 0. The van der Waals surface area contributed by atoms with Crippen LogP contribution in [0.5, 0.6) is 0 Å². The fourth-order valence-electron chi connectivity index (χ4n) is 8.92. The first-order valence-electron chi connectivity index (χ1n) is 29.4. The zero-order valence-corrected chi connectivity index (χ0v) is 55.0. The Bertz CT molecular complexity index is 5080. The minimum atomic E-state index is -0.279. The lowest BCUT2D eigenvalue weighted by molar-refractivity contribution is 0.102. The van der Waals surface area contributed by atoms with Gasteiger partial charge in [-0.05, 0) is 72.8 Å². The maximum atomic E-state index is 12.3. The highest BCUT2D eigenvalue weighted by Crippen LogP contribution is 2.32. The number of nitrogen functional groups attached to an aromatic ring is 3. The lowest BCUT2D eigenvalue weighted by atomic mass is 10.2. The third kappa shape index (κ3) is 19.1. The molecule has 0 radical (unpaired) electrons. The van der Waals surface area contributed by atoms with Crippen molar-refractivity contribution in [3.05, 3.63) is 316 Å². The van der Waals surface area contributed by atoms with E-state index in [2.05, 4.69) is 75.8 Å². The summed E-state index contributed by atoms with van der Waals surface area (Å²) in [5.41, 5.74) is 26.1. The Morgan fingerprint density at radius 1 is 0.394 bits per heavy atom. The predicted octanol–water partition coefficient (Wildman–Crippen LogP) is 16.8. The summed E-state index contributed by atoms with van der Waals surface area (Å²) in [6.07, 6.45) is 6.82. The van der Waals surface area contributed by atoms with Gasteiger partial charge in [0.05, 0.1) is 6.33 Å². The quantitative estimate of drug-likeness (QED) is 0.0494. The van der Waals surface area contributed by atoms with Crippen LogP contribution in [0.3, 0.4) is 0 Å². The molecule has 0 aliphatic rings. The minimum Gasteiger partial charge on any atom is -0.399 e. The predicted molar refractivity (Wildman–Crippen MR) is 398 cm³/mol. The Morgan fingerprint density at radius 2 is 0.768 bits per heavy atom. The fraction of sp³-hybridized carbons (Fsp3) is 0.0139. The van der Waals surface area contributed by atoms with Crippen LogP contribution in [0.15, 0.2) is 279 Å². The van der Waals surface area contributed by atoms with Gasteiger partial charge in [-0.1, -0.05) is 235 Å². The fourth-order valence-corrected chi connectivity index (χ4v) is 9.71. The van der Waals surface area contributed by atoms with Crippen LogP contribution in [0.1, 0.15) is 17.8 Å². The Morgan fingerprint density at radius 3 is 1.24 bits per heavy atom. The second-order valence-electron chi connectivity index (χ2n) is 20.1. The number of para-hydroxylation sites is 5. The van der Waals surface area contributed by atoms with Gasteiger partial charge in [0.2, 0.25) is 0 Å². The smallest absolute Gasteiger partial charge is 0.278 e. The van der Waals surface area contributed by atoms with E-state index in [-0.39, 0.29) is 45.2 Å². The van der Waals surface area contributed by atoms with Crippen molar-refractivity contribution in [2.75, 3.05) is 33.2 Å². The number of nitrogens with two attached hydrogens (primary N) is 3. The number of hydrogen-bond acceptors (Lipinski definition) is 18. The number of nitrogens with zero attached hydrogens (tertiary/aromatic N) is 13. The highest BCUT2D eigenvalue weighted by atomic mass is 35.5. The molecule has 15 aromatic rings. The van der Waals surface area contributed by atoms with Crippen LogP contribution in [0.4, 0.5) is 45.8 Å². The van der Waals surface area contributed by atoms with Gasteiger partial charge in [0.25, 0.3) is 11.5 Å². The van der Waals surface area contributed by atoms with E-state index in [9.17, 15) is 9.59 Å². The second-order valence-corrected chi connectivity index (χ2v) is 21.9. The number of hydrogen-bond donors (Lipinski definition) is 7. The van der Waals surface area contributed by atoms with Crippen molar-refractivity contribution in [1.82, 2.24) is 68.9 Å². The van der Waals surface area contributed by atoms with Crippen LogP contribution in [0.25, 0.3) is 56.5 Å². The summed E-state index contributed by atoms with van der Waals surface area (Å²) in [4.78, 5) is 71.8. The lowest BCUT2D eigenvalue weighted by Crippen LogP contribution is -2.14. The van der Waals surface area contributed by atoms with Crippen molar-refractivity contribution in [1.29, 1.82) is 0 Å². The number of anilines is 8. The molecule has 0 atom stereocenters. The largest absolute Gasteiger partial charge is 0.399 e. The van der Waals surface area contributed by atoms with Gasteiger partial charge < -0.3 is 38.1 Å². The van der Waals surface area contributed by atoms with Crippen molar-refractivity contribution >= 4 is 132 Å². The van der Waals surface area contributed by atoms with Crippen molar-refractivity contribution in [2.45, 2.75) is 7.43 Å². The van der Waals surface area contributed by atoms with Gasteiger partial charge in [0, 0.05) is 45.1 Å². The van der Waals surface area contributed by atoms with Gasteiger partial charge in [0.1, 0.15) is 59.5 Å². The first-order valence-corrected chi connectivity index (χ1v) is 31.3. The zero-order chi connectivity index (χ0) is 68.6. The number of aromatic amines is 1. The van der Waals surface area contributed by atoms with Gasteiger partial charge >= 0.3 is 0 Å². The van der Waals surface area contributed by atoms with Gasteiger partial charge in [-0.25, -0.2) is 54.8 Å². The van der Waals surface area contributed by atoms with Crippen molar-refractivity contribution in [2.24, 2.45) is 0 Å². The highest BCUT2D eigenvalue weighted by Gasteiger charge is 2.20. The molecule has 99 heavy (non-hydrogen) atoms. The third-order valence-electron chi connectivity index (χ3n) is 13.5. The number of rotatable bonds is 10. The lowest BCUT2D eigenvalue weighted by Gasteiger charge is -2.13. The van der Waals surface area contributed by atoms with Crippen LogP contribution >= 0.6 is 58.0 Å². The molecule has 0 aliphatic heterocycles. The number of carbonyl (C=O) groups is 1. The molecule has 10 N–H and O–H groups in total. The average molecular weight is 1410 g/mol. The summed E-state index contributed by atoms with van der Waals surface area (Å²) >= 11 is 29.0. The summed E-state index contributed by atoms with van der Waals surface area (Å²) in [6, 6.07) is 76.9. The van der Waals surface area contributed by atoms with E-state index in [0.717, 1.165) is 45.4 Å². The first-order chi connectivity index (χ1) is 47.8. The number of fused-ring (bicyclic) bond motifs is 2. The number of aromatic nitrogens is 14. The van der Waals surface area contributed by atoms with Gasteiger partial charge in [-0.2, -0.15) is 0 Å². The summed E-state index contributed by atoms with van der Waals surface area (Å²) in [5.74, 6) is 2.16. The van der Waals surface area contributed by atoms with E-state index in [1.165, 1.54) is 31.6 Å². The Kier molecular flexibility index (Phi) is 25.5. The molecule has 0 unspecified atom stereocenters. The molecule has 8 aromatic carbocycles. The summed E-state index contributed by atoms with van der Waals surface area (Å²) in [6.45, 7) is 0. The number of nitrogens with one attached hydrogen (secondary N) is 4. The molecule has 15 rings (SSSR count). The summed E-state index contributed by atoms with van der Waals surface area (Å²) < 4.78 is 3.90. The standard InChI is InChI=1S/C17H13ClN4O.C17H11ClN4.C17H12N4O.C10H9ClN4.C6H7N.C4H3Cl2N3.CH4/c18-15-14(22-17(23)12-7-3-1-4-8-12)16(20-11-19-15)21-13-9-5-2-6-10-13;18-15-14-17(20-11-19-15)22(13-9-5-2-6-10-13)16(21-14)12-7-3-1-4-8-12;22-17-14-16(18-11-19-17)21(13-9-5-2-6-10-13)15(20-14)12-7-3-1-4-8-12;11-9-8(12)10(14-6-13-9)15-7-4-2-1-3-5-7;7-6-4-2-1-3-5-6;5-3-2(7)4(6)9-1-8-3;/h1-11H,(H,22,23)(H,19,20,21);1-11H;1-11H,(H,18,19,22);1-6H,12H2,(H,13,14,15);1-5H,7H2;1H,7H2;1H4. The maximum absolute atomic E-state index is 12.3. The van der Waals surface area contributed by atoms with Gasteiger partial charge in [-0.3, -0.25) is 18.7 Å². The molecule has 0 aliphatic carbocycles. The van der Waals surface area contributed by atoms with Crippen LogP contribution in [-0.4, -0.2) is 74.8 Å². The zero-order valence-electron chi connectivity index (χ0n) is 51.2. The molecular formula is C72H59Cl5N20O2. The van der Waals surface area contributed by atoms with E-state index in [1.54, 1.807) is 24.3 Å². The highest BCUT2D eigenvalue weighted by molar-refractivity contribution is 6.37. The molecule has 0 spiro atoms. The summed E-state index contributed by atoms with van der Waals surface area (Å²) in [5, 5.41) is 10.1. The molecule has 0 fully saturated rings. The summed E-state index contributed by atoms with van der Waals surface area (Å²) in [7, 11) is 0. The number of benzene rings is 8. The van der Waals surface area contributed by atoms with E-state index in [1.807, 2.05) is 228 Å². The number of halogens is 5. The van der Waals surface area contributed by atoms with E-state index in [0.29, 0.717) is 61.9 Å². The van der Waals surface area contributed by atoms with Crippen LogP contribution in [0.2, 0.25) is 25.8 Å². The number of H-pyrrole nitrogens is 1. The molecule has 0 saturated heterocycles. The van der Waals surface area contributed by atoms with E-state index < -0.39 is 0 Å².